The topological polar surface area (TPSA) is 11.4 Å². The van der Waals surface area contributed by atoms with Gasteiger partial charge in [0.05, 0.1) is 11.0 Å². The maximum absolute atomic E-state index is 2.60. The van der Waals surface area contributed by atoms with Gasteiger partial charge in [-0.2, -0.15) is 0 Å². The molecule has 0 saturated heterocycles. The molecule has 2 aliphatic heterocycles. The van der Waals surface area contributed by atoms with E-state index in [1.807, 2.05) is 0 Å². The molecule has 1 aromatic heterocycles. The van der Waals surface area contributed by atoms with Crippen LogP contribution in [0.25, 0.3) is 72.0 Å². The highest BCUT2D eigenvalue weighted by atomic mass is 15.2. The van der Waals surface area contributed by atoms with E-state index in [1.54, 1.807) is 0 Å². The molecule has 16 rings (SSSR count). The molecule has 0 atom stereocenters. The van der Waals surface area contributed by atoms with Crippen LogP contribution in [0.3, 0.4) is 0 Å². The Morgan fingerprint density at radius 2 is 0.628 bits per heavy atom. The van der Waals surface area contributed by atoms with Gasteiger partial charge in [-0.15, -0.1) is 0 Å². The number of para-hydroxylation sites is 2. The van der Waals surface area contributed by atoms with Gasteiger partial charge < -0.3 is 14.4 Å². The van der Waals surface area contributed by atoms with Crippen molar-refractivity contribution >= 4 is 79.0 Å². The Kier molecular flexibility index (Phi) is 11.7. The quantitative estimate of drug-likeness (QED) is 0.147. The molecule has 86 heavy (non-hydrogen) atoms. The van der Waals surface area contributed by atoms with E-state index in [1.165, 1.54) is 153 Å². The molecule has 3 nitrogen and oxygen atoms in total. The first kappa shape index (κ1) is 52.4. The van der Waals surface area contributed by atoms with Crippen LogP contribution in [-0.4, -0.2) is 11.3 Å². The van der Waals surface area contributed by atoms with Gasteiger partial charge in [-0.05, 0) is 197 Å². The minimum atomic E-state index is -0.0795. The van der Waals surface area contributed by atoms with E-state index >= 15 is 0 Å². The predicted molar refractivity (Wildman–Crippen MR) is 367 cm³/mol. The summed E-state index contributed by atoms with van der Waals surface area (Å²) in [4.78, 5) is 5.18. The Bertz CT molecular complexity index is 4640. The fourth-order valence-corrected chi connectivity index (χ4v) is 15.6. The molecule has 12 aromatic rings. The van der Waals surface area contributed by atoms with Crippen LogP contribution in [-0.2, 0) is 21.7 Å². The van der Waals surface area contributed by atoms with E-state index in [-0.39, 0.29) is 28.4 Å². The highest BCUT2D eigenvalue weighted by Crippen LogP contribution is 2.51. The molecule has 0 unspecified atom stereocenters. The lowest BCUT2D eigenvalue weighted by Crippen LogP contribution is -2.61. The Hall–Kier alpha value is -9.12. The molecule has 11 aromatic carbocycles. The lowest BCUT2D eigenvalue weighted by molar-refractivity contribution is 0.332. The molecule has 0 amide bonds. The summed E-state index contributed by atoms with van der Waals surface area (Å²) in [5, 5.41) is 2.51. The highest BCUT2D eigenvalue weighted by molar-refractivity contribution is 7.00. The van der Waals surface area contributed by atoms with E-state index in [0.717, 1.165) is 17.1 Å². The molecule has 0 fully saturated rings. The summed E-state index contributed by atoms with van der Waals surface area (Å²) in [6, 6.07) is 92.8. The zero-order valence-electron chi connectivity index (χ0n) is 50.8. The summed E-state index contributed by atoms with van der Waals surface area (Å²) >= 11 is 0. The molecular formula is C82H72BN3. The van der Waals surface area contributed by atoms with Gasteiger partial charge in [0.25, 0.3) is 6.71 Å². The second-order valence-corrected chi connectivity index (χ2v) is 27.8. The predicted octanol–water partition coefficient (Wildman–Crippen LogP) is 20.2. The van der Waals surface area contributed by atoms with Gasteiger partial charge >= 0.3 is 0 Å². The van der Waals surface area contributed by atoms with E-state index in [0.29, 0.717) is 0 Å². The molecule has 0 spiro atoms. The number of nitrogens with zero attached hydrogens (tertiary/aromatic N) is 3. The average Bonchev–Trinajstić information content (AvgIpc) is 0.766. The molecule has 0 bridgehead atoms. The monoisotopic (exact) mass is 1110 g/mol. The summed E-state index contributed by atoms with van der Waals surface area (Å²) in [5.74, 6) is 0. The van der Waals surface area contributed by atoms with Crippen LogP contribution in [0.2, 0.25) is 0 Å². The van der Waals surface area contributed by atoms with E-state index in [9.17, 15) is 0 Å². The molecule has 0 saturated carbocycles. The van der Waals surface area contributed by atoms with Crippen molar-refractivity contribution in [1.82, 2.24) is 4.57 Å². The van der Waals surface area contributed by atoms with Crippen molar-refractivity contribution in [2.75, 3.05) is 9.80 Å². The number of hydrogen-bond donors (Lipinski definition) is 0. The molecule has 4 heteroatoms. The lowest BCUT2D eigenvalue weighted by Gasteiger charge is -2.44. The van der Waals surface area contributed by atoms with Crippen LogP contribution >= 0.6 is 0 Å². The first-order valence-electron chi connectivity index (χ1n) is 31.3. The molecule has 418 valence electrons. The molecule has 0 radical (unpaired) electrons. The van der Waals surface area contributed by atoms with E-state index < -0.39 is 0 Å². The van der Waals surface area contributed by atoms with Crippen molar-refractivity contribution in [1.29, 1.82) is 0 Å². The Labute approximate surface area is 508 Å². The first-order chi connectivity index (χ1) is 41.6. The SMILES string of the molecule is CC1(C)CCC(C)(C)c2cc(-c3ccc(N4c5cc(-c6ccccc6)ccc5B5c6ccc(-n7c8ccccc8c8ccccc87)cc6N(c6ccc(-c7ccc8c(c7)C(C)(C)CCC8(C)C)cc6)c6cc(-c7ccccc7)cc4c65)cc3)ccc21. The normalized spacial score (nSPS) is 16.5. The van der Waals surface area contributed by atoms with Crippen molar-refractivity contribution in [3.05, 3.63) is 265 Å². The molecule has 4 aliphatic rings. The Morgan fingerprint density at radius 3 is 1.12 bits per heavy atom. The van der Waals surface area contributed by atoms with Crippen LogP contribution in [0.4, 0.5) is 34.1 Å². The summed E-state index contributed by atoms with van der Waals surface area (Å²) < 4.78 is 2.48. The van der Waals surface area contributed by atoms with Crippen molar-refractivity contribution in [2.24, 2.45) is 0 Å². The van der Waals surface area contributed by atoms with Gasteiger partial charge in [0, 0.05) is 50.6 Å². The third kappa shape index (κ3) is 8.23. The third-order valence-electron chi connectivity index (χ3n) is 20.7. The summed E-state index contributed by atoms with van der Waals surface area (Å²) in [5.41, 5.74) is 30.6. The Morgan fingerprint density at radius 1 is 0.279 bits per heavy atom. The van der Waals surface area contributed by atoms with Gasteiger partial charge in [0.2, 0.25) is 0 Å². The highest BCUT2D eigenvalue weighted by Gasteiger charge is 2.45. The van der Waals surface area contributed by atoms with E-state index in [4.69, 9.17) is 0 Å². The minimum absolute atomic E-state index is 0.0795. The zero-order chi connectivity index (χ0) is 58.4. The maximum Gasteiger partial charge on any atom is 0.252 e. The second-order valence-electron chi connectivity index (χ2n) is 27.8. The second kappa shape index (κ2) is 19.2. The van der Waals surface area contributed by atoms with Crippen molar-refractivity contribution in [3.63, 3.8) is 0 Å². The Balaban J connectivity index is 0.932. The molecule has 3 heterocycles. The summed E-state index contributed by atoms with van der Waals surface area (Å²) in [7, 11) is 0. The standard InChI is InChI=1S/C82H72BN3/c1-79(2)43-45-81(5,6)68-47-57(31-39-66(68)79)55-27-34-61(35-28-55)84-74-49-59(53-19-11-9-12-20-53)33-41-70(74)83-71-42-38-63(86-72-25-17-15-23-64(72)65-24-16-18-26-73(65)86)52-75(71)85(77-51-60(50-76(84)78(77)83)54-21-13-10-14-22-54)62-36-29-56(30-37-62)58-32-40-67-69(48-58)82(7,8)46-44-80(67,3)4/h9-42,47-52H,43-46H2,1-8H3. The van der Waals surface area contributed by atoms with Crippen LogP contribution < -0.4 is 26.2 Å². The van der Waals surface area contributed by atoms with Crippen LogP contribution in [0, 0.1) is 0 Å². The van der Waals surface area contributed by atoms with Crippen LogP contribution in [0.5, 0.6) is 0 Å². The number of rotatable bonds is 7. The number of fused-ring (bicyclic) bond motifs is 9. The van der Waals surface area contributed by atoms with Crippen molar-refractivity contribution < 1.29 is 0 Å². The van der Waals surface area contributed by atoms with Crippen LogP contribution in [0.1, 0.15) is 103 Å². The molecule has 2 aliphatic carbocycles. The van der Waals surface area contributed by atoms with Crippen LogP contribution in [0.15, 0.2) is 243 Å². The van der Waals surface area contributed by atoms with Gasteiger partial charge in [-0.1, -0.05) is 231 Å². The molecular weight excluding hydrogens is 1040 g/mol. The fourth-order valence-electron chi connectivity index (χ4n) is 15.6. The van der Waals surface area contributed by atoms with Crippen molar-refractivity contribution in [3.8, 4) is 50.2 Å². The summed E-state index contributed by atoms with van der Waals surface area (Å²) in [6.45, 7) is 19.3. The lowest BCUT2D eigenvalue weighted by atomic mass is 9.33. The molecule has 0 N–H and O–H groups in total. The number of aromatic nitrogens is 1. The van der Waals surface area contributed by atoms with E-state index in [2.05, 4.69) is 312 Å². The first-order valence-corrected chi connectivity index (χ1v) is 31.3. The van der Waals surface area contributed by atoms with Crippen molar-refractivity contribution in [2.45, 2.75) is 103 Å². The zero-order valence-corrected chi connectivity index (χ0v) is 50.8. The van der Waals surface area contributed by atoms with Gasteiger partial charge in [0.1, 0.15) is 0 Å². The number of hydrogen-bond acceptors (Lipinski definition) is 2. The maximum atomic E-state index is 2.60. The average molecular weight is 1110 g/mol. The number of benzene rings is 11. The van der Waals surface area contributed by atoms with Gasteiger partial charge in [0.15, 0.2) is 0 Å². The fraction of sp³-hybridized carbons (Fsp3) is 0.195. The number of anilines is 6. The smallest absolute Gasteiger partial charge is 0.252 e. The third-order valence-corrected chi connectivity index (χ3v) is 20.7. The van der Waals surface area contributed by atoms with Gasteiger partial charge in [-0.3, -0.25) is 0 Å². The summed E-state index contributed by atoms with van der Waals surface area (Å²) in [6.07, 6.45) is 4.77. The largest absolute Gasteiger partial charge is 0.311 e. The minimum Gasteiger partial charge on any atom is -0.311 e. The van der Waals surface area contributed by atoms with Gasteiger partial charge in [-0.25, -0.2) is 0 Å².